The lowest BCUT2D eigenvalue weighted by atomic mass is 10.2. The van der Waals surface area contributed by atoms with Crippen molar-refractivity contribution in [3.05, 3.63) is 28.2 Å². The second-order valence-electron chi connectivity index (χ2n) is 3.96. The summed E-state index contributed by atoms with van der Waals surface area (Å²) in [5.74, 6) is 0. The number of nitrogens with two attached hydrogens (primary N) is 1. The fourth-order valence-electron chi connectivity index (χ4n) is 1.72. The minimum Gasteiger partial charge on any atom is -0.389 e. The molecule has 0 spiro atoms. The van der Waals surface area contributed by atoms with Gasteiger partial charge >= 0.3 is 0 Å². The van der Waals surface area contributed by atoms with Crippen LogP contribution < -0.4 is 10.6 Å². The smallest absolute Gasteiger partial charge is 0.105 e. The summed E-state index contributed by atoms with van der Waals surface area (Å²) in [6.07, 6.45) is 2.42. The molecule has 0 aliphatic heterocycles. The Morgan fingerprint density at radius 1 is 1.41 bits per heavy atom. The van der Waals surface area contributed by atoms with Crippen LogP contribution >= 0.6 is 28.1 Å². The number of anilines is 1. The quantitative estimate of drug-likeness (QED) is 0.812. The highest BCUT2D eigenvalue weighted by Crippen LogP contribution is 2.24. The first-order valence-corrected chi connectivity index (χ1v) is 7.14. The van der Waals surface area contributed by atoms with E-state index in [4.69, 9.17) is 18.0 Å². The third-order valence-electron chi connectivity index (χ3n) is 2.75. The zero-order chi connectivity index (χ0) is 12.8. The monoisotopic (exact) mass is 314 g/mol. The van der Waals surface area contributed by atoms with E-state index >= 15 is 0 Å². The molecule has 0 bridgehead atoms. The van der Waals surface area contributed by atoms with Gasteiger partial charge < -0.3 is 10.6 Å². The highest BCUT2D eigenvalue weighted by molar-refractivity contribution is 9.10. The minimum absolute atomic E-state index is 0.431. The molecule has 0 fully saturated rings. The van der Waals surface area contributed by atoms with Gasteiger partial charge in [0.05, 0.1) is 0 Å². The van der Waals surface area contributed by atoms with Crippen molar-refractivity contribution < 1.29 is 0 Å². The van der Waals surface area contributed by atoms with Gasteiger partial charge in [0.1, 0.15) is 4.99 Å². The molecule has 0 saturated heterocycles. The Morgan fingerprint density at radius 2 is 2.12 bits per heavy atom. The highest BCUT2D eigenvalue weighted by Gasteiger charge is 2.08. The topological polar surface area (TPSA) is 29.3 Å². The fourth-order valence-corrected chi connectivity index (χ4v) is 2.61. The van der Waals surface area contributed by atoms with E-state index < -0.39 is 0 Å². The molecule has 2 nitrogen and oxygen atoms in total. The Bertz CT molecular complexity index is 393. The van der Waals surface area contributed by atoms with Crippen LogP contribution in [0.25, 0.3) is 0 Å². The van der Waals surface area contributed by atoms with Gasteiger partial charge in [-0.3, -0.25) is 0 Å². The third-order valence-corrected chi connectivity index (χ3v) is 3.62. The van der Waals surface area contributed by atoms with Crippen molar-refractivity contribution in [3.63, 3.8) is 0 Å². The van der Waals surface area contributed by atoms with Gasteiger partial charge in [0.25, 0.3) is 0 Å². The van der Waals surface area contributed by atoms with Gasteiger partial charge in [-0.05, 0) is 47.5 Å². The van der Waals surface area contributed by atoms with Gasteiger partial charge in [-0.2, -0.15) is 0 Å². The predicted octanol–water partition coefficient (Wildman–Crippen LogP) is 3.71. The molecule has 1 rings (SSSR count). The molecule has 1 aromatic carbocycles. The second kappa shape index (κ2) is 6.97. The van der Waals surface area contributed by atoms with Crippen LogP contribution in [0.2, 0.25) is 0 Å². The molecule has 0 aliphatic carbocycles. The van der Waals surface area contributed by atoms with Crippen molar-refractivity contribution in [1.82, 2.24) is 0 Å². The molecule has 0 radical (unpaired) electrons. The number of benzene rings is 1. The molecule has 0 heterocycles. The zero-order valence-corrected chi connectivity index (χ0v) is 12.8. The average Bonchev–Trinajstić information content (AvgIpc) is 2.29. The van der Waals surface area contributed by atoms with Gasteiger partial charge in [0.2, 0.25) is 0 Å². The summed E-state index contributed by atoms with van der Waals surface area (Å²) in [6, 6.07) is 6.16. The van der Waals surface area contributed by atoms with Crippen LogP contribution in [0.4, 0.5) is 5.69 Å². The number of unbranched alkanes of at least 4 members (excludes halogenated alkanes) is 1. The molecular weight excluding hydrogens is 296 g/mol. The number of nitrogens with zero attached hydrogens (tertiary/aromatic N) is 1. The van der Waals surface area contributed by atoms with E-state index in [-0.39, 0.29) is 0 Å². The van der Waals surface area contributed by atoms with Gasteiger partial charge in [-0.25, -0.2) is 0 Å². The number of rotatable bonds is 6. The van der Waals surface area contributed by atoms with Crippen molar-refractivity contribution in [2.24, 2.45) is 5.73 Å². The molecule has 4 heteroatoms. The van der Waals surface area contributed by atoms with E-state index in [1.165, 1.54) is 18.5 Å². The molecular formula is C13H19BrN2S. The largest absolute Gasteiger partial charge is 0.389 e. The maximum atomic E-state index is 5.64. The molecule has 0 atom stereocenters. The minimum atomic E-state index is 0.431. The molecule has 0 aromatic heterocycles. The first-order valence-electron chi connectivity index (χ1n) is 5.94. The first kappa shape index (κ1) is 14.5. The summed E-state index contributed by atoms with van der Waals surface area (Å²) in [6.45, 7) is 6.48. The summed E-state index contributed by atoms with van der Waals surface area (Å²) < 4.78 is 0.970. The molecule has 94 valence electrons. The molecule has 0 aliphatic rings. The highest BCUT2D eigenvalue weighted by atomic mass is 79.9. The van der Waals surface area contributed by atoms with Crippen molar-refractivity contribution in [2.75, 3.05) is 18.0 Å². The number of halogens is 1. The fraction of sp³-hybridized carbons (Fsp3) is 0.462. The van der Waals surface area contributed by atoms with Crippen LogP contribution in [0.1, 0.15) is 32.3 Å². The molecule has 17 heavy (non-hydrogen) atoms. The first-order chi connectivity index (χ1) is 8.10. The maximum absolute atomic E-state index is 5.64. The lowest BCUT2D eigenvalue weighted by Crippen LogP contribution is -2.24. The Morgan fingerprint density at radius 3 is 2.59 bits per heavy atom. The lowest BCUT2D eigenvalue weighted by Gasteiger charge is -2.23. The van der Waals surface area contributed by atoms with E-state index in [0.717, 1.165) is 23.1 Å². The van der Waals surface area contributed by atoms with E-state index in [9.17, 15) is 0 Å². The normalized spacial score (nSPS) is 10.3. The Labute approximate surface area is 117 Å². The molecule has 2 N–H and O–H groups in total. The standard InChI is InChI=1S/C13H19BrN2S/c1-3-5-8-16(4-2)10-6-7-11(13(15)17)12(14)9-10/h6-7,9H,3-5,8H2,1-2H3,(H2,15,17). The predicted molar refractivity (Wildman–Crippen MR) is 82.8 cm³/mol. The van der Waals surface area contributed by atoms with E-state index in [1.807, 2.05) is 6.07 Å². The Kier molecular flexibility index (Phi) is 5.92. The Balaban J connectivity index is 2.90. The van der Waals surface area contributed by atoms with Gasteiger partial charge in [-0.15, -0.1) is 0 Å². The second-order valence-corrected chi connectivity index (χ2v) is 5.26. The van der Waals surface area contributed by atoms with Gasteiger partial charge in [0, 0.05) is 28.8 Å². The summed E-state index contributed by atoms with van der Waals surface area (Å²) >= 11 is 8.51. The number of hydrogen-bond donors (Lipinski definition) is 1. The van der Waals surface area contributed by atoms with Crippen LogP contribution in [-0.2, 0) is 0 Å². The van der Waals surface area contributed by atoms with Crippen LogP contribution in [-0.4, -0.2) is 18.1 Å². The molecule has 0 unspecified atom stereocenters. The molecule has 1 aromatic rings. The molecule has 0 amide bonds. The van der Waals surface area contributed by atoms with Crippen LogP contribution in [0, 0.1) is 0 Å². The van der Waals surface area contributed by atoms with Gasteiger partial charge in [-0.1, -0.05) is 25.6 Å². The van der Waals surface area contributed by atoms with Crippen LogP contribution in [0.5, 0.6) is 0 Å². The number of hydrogen-bond acceptors (Lipinski definition) is 2. The maximum Gasteiger partial charge on any atom is 0.105 e. The van der Waals surface area contributed by atoms with Crippen molar-refractivity contribution >= 4 is 38.8 Å². The SMILES string of the molecule is CCCCN(CC)c1ccc(C(N)=S)c(Br)c1. The van der Waals surface area contributed by atoms with Crippen LogP contribution in [0.15, 0.2) is 22.7 Å². The van der Waals surface area contributed by atoms with Crippen molar-refractivity contribution in [3.8, 4) is 0 Å². The summed E-state index contributed by atoms with van der Waals surface area (Å²) in [5.41, 5.74) is 7.76. The lowest BCUT2D eigenvalue weighted by molar-refractivity contribution is 0.732. The summed E-state index contributed by atoms with van der Waals surface area (Å²) in [4.78, 5) is 2.79. The van der Waals surface area contributed by atoms with E-state index in [2.05, 4.69) is 46.8 Å². The van der Waals surface area contributed by atoms with Gasteiger partial charge in [0.15, 0.2) is 0 Å². The molecule has 0 saturated carbocycles. The summed E-state index contributed by atoms with van der Waals surface area (Å²) in [5, 5.41) is 0. The Hall–Kier alpha value is -0.610. The zero-order valence-electron chi connectivity index (χ0n) is 10.4. The summed E-state index contributed by atoms with van der Waals surface area (Å²) in [7, 11) is 0. The van der Waals surface area contributed by atoms with E-state index in [1.54, 1.807) is 0 Å². The van der Waals surface area contributed by atoms with Crippen LogP contribution in [0.3, 0.4) is 0 Å². The third kappa shape index (κ3) is 3.96. The average molecular weight is 315 g/mol. The number of thiocarbonyl (C=S) groups is 1. The van der Waals surface area contributed by atoms with Crippen molar-refractivity contribution in [1.29, 1.82) is 0 Å². The van der Waals surface area contributed by atoms with Crippen molar-refractivity contribution in [2.45, 2.75) is 26.7 Å². The van der Waals surface area contributed by atoms with E-state index in [0.29, 0.717) is 4.99 Å².